The lowest BCUT2D eigenvalue weighted by Crippen LogP contribution is -2.44. The Morgan fingerprint density at radius 1 is 1.37 bits per heavy atom. The van der Waals surface area contributed by atoms with Crippen molar-refractivity contribution in [2.45, 2.75) is 31.7 Å². The minimum Gasteiger partial charge on any atom is -0.480 e. The number of hydrogen-bond donors (Lipinski definition) is 2. The van der Waals surface area contributed by atoms with Gasteiger partial charge in [0.1, 0.15) is 11.9 Å². The van der Waals surface area contributed by atoms with Gasteiger partial charge in [0.05, 0.1) is 4.90 Å². The molecular formula is C12H16FNO4S. The second-order valence-corrected chi connectivity index (χ2v) is 6.31. The van der Waals surface area contributed by atoms with Crippen LogP contribution in [0.15, 0.2) is 23.1 Å². The quantitative estimate of drug-likeness (QED) is 0.861. The number of carboxylic acids is 1. The molecule has 0 aliphatic heterocycles. The highest BCUT2D eigenvalue weighted by atomic mass is 32.2. The summed E-state index contributed by atoms with van der Waals surface area (Å²) in [6, 6.07) is 2.07. The van der Waals surface area contributed by atoms with Gasteiger partial charge >= 0.3 is 5.97 Å². The summed E-state index contributed by atoms with van der Waals surface area (Å²) in [5.74, 6) is -2.18. The summed E-state index contributed by atoms with van der Waals surface area (Å²) in [6.07, 6.45) is 0. The third kappa shape index (κ3) is 3.74. The fourth-order valence-electron chi connectivity index (χ4n) is 1.49. The number of sulfonamides is 1. The molecule has 1 atom stereocenters. The van der Waals surface area contributed by atoms with E-state index in [4.69, 9.17) is 5.11 Å². The fraction of sp³-hybridized carbons (Fsp3) is 0.417. The molecule has 0 spiro atoms. The molecule has 0 aromatic heterocycles. The Hall–Kier alpha value is -1.47. The highest BCUT2D eigenvalue weighted by Gasteiger charge is 2.28. The molecule has 1 aromatic rings. The van der Waals surface area contributed by atoms with E-state index in [-0.39, 0.29) is 10.5 Å². The number of rotatable bonds is 5. The van der Waals surface area contributed by atoms with E-state index in [9.17, 15) is 17.6 Å². The monoisotopic (exact) mass is 289 g/mol. The van der Waals surface area contributed by atoms with Crippen LogP contribution in [0, 0.1) is 18.7 Å². The van der Waals surface area contributed by atoms with E-state index in [2.05, 4.69) is 4.72 Å². The fourth-order valence-corrected chi connectivity index (χ4v) is 2.91. The van der Waals surface area contributed by atoms with Crippen LogP contribution >= 0.6 is 0 Å². The van der Waals surface area contributed by atoms with Crippen molar-refractivity contribution in [2.24, 2.45) is 5.92 Å². The zero-order chi connectivity index (χ0) is 14.8. The van der Waals surface area contributed by atoms with E-state index in [0.29, 0.717) is 0 Å². The number of carboxylic acid groups (broad SMARTS) is 1. The summed E-state index contributed by atoms with van der Waals surface area (Å²) in [5, 5.41) is 8.97. The number of benzene rings is 1. The Balaban J connectivity index is 3.10. The lowest BCUT2D eigenvalue weighted by atomic mass is 10.1. The van der Waals surface area contributed by atoms with Crippen molar-refractivity contribution in [2.75, 3.05) is 0 Å². The summed E-state index contributed by atoms with van der Waals surface area (Å²) < 4.78 is 39.2. The number of carbonyl (C=O) groups is 1. The third-order valence-electron chi connectivity index (χ3n) is 2.65. The maximum atomic E-state index is 13.1. The van der Waals surface area contributed by atoms with Crippen LogP contribution in [0.4, 0.5) is 4.39 Å². The number of aryl methyl sites for hydroxylation is 1. The first kappa shape index (κ1) is 15.6. The van der Waals surface area contributed by atoms with E-state index >= 15 is 0 Å². The molecule has 0 saturated carbocycles. The predicted octanol–water partition coefficient (Wildman–Crippen LogP) is 1.52. The molecule has 2 N–H and O–H groups in total. The number of nitrogens with one attached hydrogen (secondary N) is 1. The smallest absolute Gasteiger partial charge is 0.322 e. The number of halogens is 1. The molecule has 0 aliphatic rings. The summed E-state index contributed by atoms with van der Waals surface area (Å²) in [7, 11) is -3.99. The van der Waals surface area contributed by atoms with Crippen LogP contribution in [0.1, 0.15) is 19.4 Å². The summed E-state index contributed by atoms with van der Waals surface area (Å²) in [5.41, 5.74) is 0.180. The van der Waals surface area contributed by atoms with Crippen molar-refractivity contribution >= 4 is 16.0 Å². The van der Waals surface area contributed by atoms with Gasteiger partial charge in [-0.05, 0) is 36.6 Å². The van der Waals surface area contributed by atoms with Gasteiger partial charge in [0.15, 0.2) is 0 Å². The van der Waals surface area contributed by atoms with Crippen molar-refractivity contribution in [3.63, 3.8) is 0 Å². The Labute approximate surface area is 111 Å². The Bertz CT molecular complexity index is 583. The topological polar surface area (TPSA) is 83.5 Å². The average Bonchev–Trinajstić information content (AvgIpc) is 2.28. The number of aliphatic carboxylic acids is 1. The van der Waals surface area contributed by atoms with E-state index in [1.807, 2.05) is 0 Å². The standard InChI is InChI=1S/C12H16FNO4S/c1-7(2)11(12(15)16)14-19(17,18)9-4-5-10(13)8(3)6-9/h4-7,11,14H,1-3H3,(H,15,16)/t11-/m0/s1. The molecule has 1 aromatic carbocycles. The molecule has 1 rings (SSSR count). The molecule has 0 aliphatic carbocycles. The van der Waals surface area contributed by atoms with Crippen molar-refractivity contribution < 1.29 is 22.7 Å². The van der Waals surface area contributed by atoms with Gasteiger partial charge in [-0.3, -0.25) is 4.79 Å². The van der Waals surface area contributed by atoms with Crippen molar-refractivity contribution in [1.82, 2.24) is 4.72 Å². The van der Waals surface area contributed by atoms with Crippen LogP contribution in [-0.4, -0.2) is 25.5 Å². The summed E-state index contributed by atoms with van der Waals surface area (Å²) in [6.45, 7) is 4.62. The molecule has 7 heteroatoms. The first-order valence-electron chi connectivity index (χ1n) is 5.66. The number of hydrogen-bond acceptors (Lipinski definition) is 3. The highest BCUT2D eigenvalue weighted by molar-refractivity contribution is 7.89. The van der Waals surface area contributed by atoms with E-state index in [0.717, 1.165) is 18.2 Å². The lowest BCUT2D eigenvalue weighted by Gasteiger charge is -2.18. The van der Waals surface area contributed by atoms with Gasteiger partial charge in [-0.1, -0.05) is 13.8 Å². The predicted molar refractivity (Wildman–Crippen MR) is 67.7 cm³/mol. The lowest BCUT2D eigenvalue weighted by molar-refractivity contribution is -0.140. The van der Waals surface area contributed by atoms with Gasteiger partial charge < -0.3 is 5.11 Å². The van der Waals surface area contributed by atoms with Gasteiger partial charge in [0.25, 0.3) is 0 Å². The second kappa shape index (κ2) is 5.66. The Morgan fingerprint density at radius 3 is 2.37 bits per heavy atom. The van der Waals surface area contributed by atoms with Gasteiger partial charge in [-0.2, -0.15) is 4.72 Å². The van der Waals surface area contributed by atoms with Crippen LogP contribution in [0.5, 0.6) is 0 Å². The molecule has 0 heterocycles. The molecule has 106 valence electrons. The van der Waals surface area contributed by atoms with Crippen LogP contribution < -0.4 is 4.72 Å². The molecule has 0 amide bonds. The highest BCUT2D eigenvalue weighted by Crippen LogP contribution is 2.15. The molecule has 5 nitrogen and oxygen atoms in total. The van der Waals surface area contributed by atoms with E-state index in [1.54, 1.807) is 13.8 Å². The zero-order valence-electron chi connectivity index (χ0n) is 10.8. The minimum atomic E-state index is -3.99. The maximum Gasteiger partial charge on any atom is 0.322 e. The van der Waals surface area contributed by atoms with Crippen LogP contribution in [-0.2, 0) is 14.8 Å². The Morgan fingerprint density at radius 2 is 1.95 bits per heavy atom. The van der Waals surface area contributed by atoms with Crippen LogP contribution in [0.3, 0.4) is 0 Å². The van der Waals surface area contributed by atoms with Crippen molar-refractivity contribution in [1.29, 1.82) is 0 Å². The summed E-state index contributed by atoms with van der Waals surface area (Å²) in [4.78, 5) is 10.8. The van der Waals surface area contributed by atoms with Gasteiger partial charge in [0.2, 0.25) is 10.0 Å². The van der Waals surface area contributed by atoms with E-state index < -0.39 is 33.8 Å². The third-order valence-corrected chi connectivity index (χ3v) is 4.09. The normalized spacial score (nSPS) is 13.5. The Kier molecular flexibility index (Phi) is 4.65. The molecule has 0 saturated heterocycles. The molecule has 0 radical (unpaired) electrons. The van der Waals surface area contributed by atoms with Crippen LogP contribution in [0.2, 0.25) is 0 Å². The largest absolute Gasteiger partial charge is 0.480 e. The van der Waals surface area contributed by atoms with Gasteiger partial charge in [0, 0.05) is 0 Å². The first-order chi connectivity index (χ1) is 8.65. The molecule has 0 bridgehead atoms. The molecule has 19 heavy (non-hydrogen) atoms. The average molecular weight is 289 g/mol. The van der Waals surface area contributed by atoms with Crippen molar-refractivity contribution in [3.8, 4) is 0 Å². The van der Waals surface area contributed by atoms with Gasteiger partial charge in [-0.15, -0.1) is 0 Å². The van der Waals surface area contributed by atoms with E-state index in [1.165, 1.54) is 6.92 Å². The second-order valence-electron chi connectivity index (χ2n) is 4.59. The SMILES string of the molecule is Cc1cc(S(=O)(=O)N[C@H](C(=O)O)C(C)C)ccc1F. The van der Waals surface area contributed by atoms with Crippen molar-refractivity contribution in [3.05, 3.63) is 29.6 Å². The first-order valence-corrected chi connectivity index (χ1v) is 7.14. The zero-order valence-corrected chi connectivity index (χ0v) is 11.7. The maximum absolute atomic E-state index is 13.1. The molecule has 0 unspecified atom stereocenters. The van der Waals surface area contributed by atoms with Gasteiger partial charge in [-0.25, -0.2) is 12.8 Å². The van der Waals surface area contributed by atoms with Crippen LogP contribution in [0.25, 0.3) is 0 Å². The molecular weight excluding hydrogens is 273 g/mol. The summed E-state index contributed by atoms with van der Waals surface area (Å²) >= 11 is 0. The minimum absolute atomic E-state index is 0.154. The molecule has 0 fully saturated rings.